The van der Waals surface area contributed by atoms with Gasteiger partial charge in [0.1, 0.15) is 6.04 Å². The summed E-state index contributed by atoms with van der Waals surface area (Å²) in [6.45, 7) is 3.09. The fraction of sp³-hybridized carbons (Fsp3) is 0.536. The predicted molar refractivity (Wildman–Crippen MR) is 358 cm³/mol. The summed E-state index contributed by atoms with van der Waals surface area (Å²) >= 11 is 0. The highest BCUT2D eigenvalue weighted by Gasteiger charge is 2.52. The molecule has 10 N–H and O–H groups in total. The van der Waals surface area contributed by atoms with Gasteiger partial charge in [-0.2, -0.15) is 0 Å². The van der Waals surface area contributed by atoms with Crippen molar-refractivity contribution in [1.82, 2.24) is 19.7 Å². The Balaban J connectivity index is 0.941. The summed E-state index contributed by atoms with van der Waals surface area (Å²) in [7, 11) is 3.32. The molecule has 24 nitrogen and oxygen atoms in total. The lowest BCUT2D eigenvalue weighted by Crippen LogP contribution is -2.47. The number of carbonyl (C=O) groups is 6. The van der Waals surface area contributed by atoms with Crippen LogP contribution in [0.5, 0.6) is 0 Å². The van der Waals surface area contributed by atoms with Crippen LogP contribution in [0.15, 0.2) is 91.9 Å². The lowest BCUT2D eigenvalue weighted by Gasteiger charge is -2.51. The maximum Gasteiger partial charge on any atom is 0.419 e. The van der Waals surface area contributed by atoms with Gasteiger partial charge < -0.3 is 61.7 Å². The number of nitrogens with two attached hydrogens (primary N) is 3. The Labute approximate surface area is 543 Å². The number of anilines is 3. The monoisotopic (exact) mass is 1280 g/mol. The number of aromatic amines is 1. The van der Waals surface area contributed by atoms with Crippen molar-refractivity contribution in [3.8, 4) is 0 Å². The van der Waals surface area contributed by atoms with E-state index in [4.69, 9.17) is 26.7 Å². The van der Waals surface area contributed by atoms with Gasteiger partial charge in [-0.05, 0) is 165 Å². The van der Waals surface area contributed by atoms with Crippen LogP contribution in [0, 0.1) is 0 Å². The number of nitrogens with zero attached hydrogens (tertiary/aromatic N) is 6. The van der Waals surface area contributed by atoms with Crippen LogP contribution in [0.4, 0.5) is 17.1 Å². The van der Waals surface area contributed by atoms with E-state index in [0.717, 1.165) is 130 Å². The molecule has 1 aliphatic heterocycles. The zero-order chi connectivity index (χ0) is 66.3. The van der Waals surface area contributed by atoms with Gasteiger partial charge in [-0.1, -0.05) is 81.1 Å². The molecule has 1 aromatic heterocycles. The molecule has 2 heterocycles. The Morgan fingerprint density at radius 2 is 1.09 bits per heavy atom. The van der Waals surface area contributed by atoms with Gasteiger partial charge in [-0.25, -0.2) is 9.59 Å². The van der Waals surface area contributed by atoms with Crippen LogP contribution >= 0.6 is 0 Å². The smallest absolute Gasteiger partial charge is 0.377 e. The van der Waals surface area contributed by atoms with Gasteiger partial charge in [0.15, 0.2) is 0 Å². The molecular formula is C69H93N13O11. The minimum Gasteiger partial charge on any atom is -0.377 e. The summed E-state index contributed by atoms with van der Waals surface area (Å²) in [5.41, 5.74) is 32.6. The van der Waals surface area contributed by atoms with Crippen molar-refractivity contribution in [3.63, 3.8) is 0 Å². The minimum absolute atomic E-state index is 0.0215. The first-order valence-electron chi connectivity index (χ1n) is 33.2. The molecule has 24 heteroatoms. The van der Waals surface area contributed by atoms with Crippen molar-refractivity contribution >= 4 is 63.4 Å². The number of hydrogen-bond donors (Lipinski definition) is 7. The fourth-order valence-electron chi connectivity index (χ4n) is 13.2. The van der Waals surface area contributed by atoms with Gasteiger partial charge >= 0.3 is 11.4 Å². The number of azide groups is 1. The number of unbranched alkanes of at least 4 members (excludes halogenated alkanes) is 12. The summed E-state index contributed by atoms with van der Waals surface area (Å²) < 4.78 is 16.4. The highest BCUT2D eigenvalue weighted by Crippen LogP contribution is 2.62. The number of ether oxygens (including phenoxy) is 2. The van der Waals surface area contributed by atoms with Crippen LogP contribution in [0.1, 0.15) is 184 Å². The topological polar surface area (TPSA) is 357 Å². The number of likely N-dealkylation sites (N-methyl/N-ethyl adjacent to an activating group) is 2. The van der Waals surface area contributed by atoms with Gasteiger partial charge in [-0.15, -0.1) is 0 Å². The molecule has 0 radical (unpaired) electrons. The molecule has 6 amide bonds. The van der Waals surface area contributed by atoms with Crippen molar-refractivity contribution < 1.29 is 42.7 Å². The number of amides is 6. The van der Waals surface area contributed by atoms with Gasteiger partial charge in [-0.3, -0.25) is 33.8 Å². The third-order valence-electron chi connectivity index (χ3n) is 18.1. The zero-order valence-corrected chi connectivity index (χ0v) is 54.0. The van der Waals surface area contributed by atoms with Crippen LogP contribution in [0.2, 0.25) is 0 Å². The van der Waals surface area contributed by atoms with E-state index >= 15 is 0 Å². The number of carbonyl (C=O) groups excluding carboxylic acids is 6. The van der Waals surface area contributed by atoms with Crippen LogP contribution < -0.4 is 44.5 Å². The van der Waals surface area contributed by atoms with Crippen molar-refractivity contribution in [1.29, 1.82) is 0 Å². The number of hydrogen-bond acceptors (Lipinski definition) is 15. The number of aromatic nitrogens is 1. The normalized spacial score (nSPS) is 16.7. The highest BCUT2D eigenvalue weighted by atomic mass is 16.5. The average molecular weight is 1280 g/mol. The Bertz CT molecular complexity index is 3390. The highest BCUT2D eigenvalue weighted by molar-refractivity contribution is 6.00. The molecule has 0 spiro atoms. The molecule has 500 valence electrons. The Morgan fingerprint density at radius 3 is 1.56 bits per heavy atom. The molecule has 4 aliphatic rings. The lowest BCUT2D eigenvalue weighted by atomic mass is 9.51. The third-order valence-corrected chi connectivity index (χ3v) is 18.1. The van der Waals surface area contributed by atoms with E-state index in [1.165, 1.54) is 28.0 Å². The molecule has 9 rings (SSSR count). The molecular weight excluding hydrogens is 1190 g/mol. The summed E-state index contributed by atoms with van der Waals surface area (Å²) in [4.78, 5) is 117. The Hall–Kier alpha value is -8.25. The lowest BCUT2D eigenvalue weighted by molar-refractivity contribution is -0.135. The minimum atomic E-state index is -0.986. The van der Waals surface area contributed by atoms with Crippen molar-refractivity contribution in [2.45, 2.75) is 158 Å². The van der Waals surface area contributed by atoms with E-state index in [9.17, 15) is 43.9 Å². The van der Waals surface area contributed by atoms with E-state index in [0.29, 0.717) is 62.4 Å². The van der Waals surface area contributed by atoms with E-state index in [1.807, 2.05) is 18.2 Å². The number of likely N-dealkylation sites (tertiary alicyclic amines) is 1. The summed E-state index contributed by atoms with van der Waals surface area (Å²) in [5, 5.41) is 13.4. The molecule has 1 unspecified atom stereocenters. The molecule has 5 aromatic rings. The van der Waals surface area contributed by atoms with E-state index < -0.39 is 40.7 Å². The van der Waals surface area contributed by atoms with E-state index in [1.54, 1.807) is 19.0 Å². The van der Waals surface area contributed by atoms with Crippen LogP contribution in [-0.2, 0) is 38.9 Å². The van der Waals surface area contributed by atoms with Crippen LogP contribution in [0.3, 0.4) is 0 Å². The second-order valence-electron chi connectivity index (χ2n) is 24.7. The van der Waals surface area contributed by atoms with Gasteiger partial charge in [0, 0.05) is 98.3 Å². The predicted octanol–water partition coefficient (Wildman–Crippen LogP) is 8.66. The molecule has 93 heavy (non-hydrogen) atoms. The Morgan fingerprint density at radius 1 is 0.624 bits per heavy atom. The van der Waals surface area contributed by atoms with Gasteiger partial charge in [0.05, 0.1) is 43.4 Å². The van der Waals surface area contributed by atoms with Crippen LogP contribution in [-0.4, -0.2) is 147 Å². The maximum absolute atomic E-state index is 14.6. The fourth-order valence-corrected chi connectivity index (χ4v) is 13.2. The van der Waals surface area contributed by atoms with Gasteiger partial charge in [0.2, 0.25) is 29.5 Å². The second kappa shape index (κ2) is 35.1. The number of H-pyrrole nitrogens is 1. The van der Waals surface area contributed by atoms with Crippen molar-refractivity contribution in [2.75, 3.05) is 95.7 Å². The number of rotatable bonds is 39. The molecule has 1 fully saturated rings. The maximum atomic E-state index is 14.6. The van der Waals surface area contributed by atoms with E-state index in [-0.39, 0.29) is 105 Å². The molecule has 2 bridgehead atoms. The van der Waals surface area contributed by atoms with Gasteiger partial charge in [0.25, 0.3) is 5.91 Å². The summed E-state index contributed by atoms with van der Waals surface area (Å²) in [6, 6.07) is 20.8. The largest absolute Gasteiger partial charge is 0.419 e. The third kappa shape index (κ3) is 18.5. The molecule has 2 atom stereocenters. The first-order chi connectivity index (χ1) is 45.1. The molecule has 4 aromatic carbocycles. The standard InChI is InChI=1S/C69H93N13O11/c1-80(34-36-91-38-39-92-37-35-81(2)66(88)59-44-50(78-79-73)45-82(59)65(87)46-21-25-54-58(40-46)77-68(90)93-67(54)89)63(86)29-30-69-55-41-47(74-60(83)18-12-6-3-9-15-31-70)22-26-51(55)64(52-27-23-48(42-56(52)69)75-61(84)19-13-7-4-10-16-32-71)53-28-24-49(43-57(53)69)76-62(85)20-14-8-5-11-17-33-72/h21-28,40-43,50,59,64H,3-20,29-39,44-45,70-72H2,1-2H3,(H,74,83)(H,75,84)(H,76,85)(H,77,90)/t50?,59-,64?,69?/m0/s1. The Kier molecular flexibility index (Phi) is 26.7. The quantitative estimate of drug-likeness (QED) is 0.00838. The average Bonchev–Trinajstić information content (AvgIpc) is 0.887. The zero-order valence-electron chi connectivity index (χ0n) is 54.0. The first-order valence-corrected chi connectivity index (χ1v) is 33.2. The number of fused-ring (bicyclic) bond motifs is 1. The van der Waals surface area contributed by atoms with Crippen LogP contribution in [0.25, 0.3) is 21.3 Å². The summed E-state index contributed by atoms with van der Waals surface area (Å²) in [6.07, 6.45) is 15.6. The van der Waals surface area contributed by atoms with E-state index in [2.05, 4.69) is 71.8 Å². The number of nitrogens with one attached hydrogen (secondary N) is 4. The molecule has 3 aliphatic carbocycles. The number of benzene rings is 4. The first kappa shape index (κ1) is 70.6. The van der Waals surface area contributed by atoms with Crippen molar-refractivity contribution in [2.24, 2.45) is 22.3 Å². The molecule has 0 saturated carbocycles. The van der Waals surface area contributed by atoms with Crippen molar-refractivity contribution in [3.05, 3.63) is 143 Å². The second-order valence-corrected chi connectivity index (χ2v) is 24.7. The summed E-state index contributed by atoms with van der Waals surface area (Å²) in [5.74, 6) is -2.55. The SMILES string of the molecule is CN(CCOCCOCCN(C)C(=O)[C@@H]1CC(N=[N+]=[N-])CN1C(=O)c1ccc2c(=O)oc(=O)[nH]c2c1)C(=O)CCC12c3cc(NC(=O)CCCCCCCN)ccc3C(c3ccc(NC(=O)CCCCCCCN)cc31)c1ccc(NC(=O)CCCCCCCN)cc12. The molecule has 1 saturated heterocycles.